The molecule has 0 radical (unpaired) electrons. The summed E-state index contributed by atoms with van der Waals surface area (Å²) in [6, 6.07) is 0. The Balaban J connectivity index is 3.35. The van der Waals surface area contributed by atoms with E-state index in [2.05, 4.69) is 33.4 Å². The minimum atomic E-state index is 0.856. The molecule has 0 aliphatic carbocycles. The Bertz CT molecular complexity index is 78.9. The van der Waals surface area contributed by atoms with E-state index in [-0.39, 0.29) is 0 Å². The maximum absolute atomic E-state index is 4.35. The predicted octanol–water partition coefficient (Wildman–Crippen LogP) is 3.77. The molecule has 0 saturated heterocycles. The summed E-state index contributed by atoms with van der Waals surface area (Å²) in [4.78, 5) is 0. The topological polar surface area (TPSA) is 0 Å². The van der Waals surface area contributed by atoms with E-state index in [0.717, 1.165) is 17.6 Å². The lowest BCUT2D eigenvalue weighted by atomic mass is 9.96. The van der Waals surface area contributed by atoms with Crippen LogP contribution in [0, 0.1) is 11.8 Å². The van der Waals surface area contributed by atoms with Crippen molar-refractivity contribution in [1.82, 2.24) is 0 Å². The lowest BCUT2D eigenvalue weighted by Crippen LogP contribution is -2.03. The Morgan fingerprint density at radius 2 is 1.73 bits per heavy atom. The SMILES string of the molecule is CCCC(CS)CCC(C)C. The Labute approximate surface area is 77.2 Å². The van der Waals surface area contributed by atoms with Gasteiger partial charge in [0.15, 0.2) is 0 Å². The molecule has 0 fully saturated rings. The van der Waals surface area contributed by atoms with Crippen LogP contribution < -0.4 is 0 Å². The summed E-state index contributed by atoms with van der Waals surface area (Å²) in [7, 11) is 0. The van der Waals surface area contributed by atoms with Crippen molar-refractivity contribution in [3.05, 3.63) is 0 Å². The average Bonchev–Trinajstić information content (AvgIpc) is 1.97. The summed E-state index contributed by atoms with van der Waals surface area (Å²) in [6.07, 6.45) is 5.40. The van der Waals surface area contributed by atoms with E-state index < -0.39 is 0 Å². The molecule has 0 spiro atoms. The summed E-state index contributed by atoms with van der Waals surface area (Å²) < 4.78 is 0. The van der Waals surface area contributed by atoms with E-state index in [4.69, 9.17) is 0 Å². The highest BCUT2D eigenvalue weighted by molar-refractivity contribution is 7.80. The molecule has 0 aromatic rings. The molecule has 0 aliphatic rings. The van der Waals surface area contributed by atoms with Crippen molar-refractivity contribution >= 4 is 12.6 Å². The fourth-order valence-corrected chi connectivity index (χ4v) is 1.67. The molecule has 0 rings (SSSR count). The highest BCUT2D eigenvalue weighted by Crippen LogP contribution is 2.17. The zero-order valence-electron chi connectivity index (χ0n) is 8.14. The third-order valence-corrected chi connectivity index (χ3v) is 2.62. The normalized spacial score (nSPS) is 13.9. The number of hydrogen-bond donors (Lipinski definition) is 1. The van der Waals surface area contributed by atoms with Gasteiger partial charge in [0.25, 0.3) is 0 Å². The molecule has 68 valence electrons. The molecule has 0 aromatic heterocycles. The van der Waals surface area contributed by atoms with Crippen LogP contribution in [-0.2, 0) is 0 Å². The van der Waals surface area contributed by atoms with E-state index >= 15 is 0 Å². The van der Waals surface area contributed by atoms with Crippen LogP contribution in [0.4, 0.5) is 0 Å². The average molecular weight is 174 g/mol. The van der Waals surface area contributed by atoms with Gasteiger partial charge in [0.1, 0.15) is 0 Å². The Hall–Kier alpha value is 0.350. The van der Waals surface area contributed by atoms with Gasteiger partial charge in [-0.2, -0.15) is 12.6 Å². The van der Waals surface area contributed by atoms with Gasteiger partial charge in [0, 0.05) is 0 Å². The van der Waals surface area contributed by atoms with E-state index in [1.807, 2.05) is 0 Å². The quantitative estimate of drug-likeness (QED) is 0.582. The van der Waals surface area contributed by atoms with Crippen molar-refractivity contribution in [2.75, 3.05) is 5.75 Å². The Morgan fingerprint density at radius 1 is 1.09 bits per heavy atom. The zero-order valence-corrected chi connectivity index (χ0v) is 9.03. The molecule has 1 heteroatoms. The zero-order chi connectivity index (χ0) is 8.69. The summed E-state index contributed by atoms with van der Waals surface area (Å²) in [6.45, 7) is 6.84. The highest BCUT2D eigenvalue weighted by Gasteiger charge is 2.05. The minimum absolute atomic E-state index is 0.856. The van der Waals surface area contributed by atoms with Crippen LogP contribution >= 0.6 is 12.6 Å². The van der Waals surface area contributed by atoms with E-state index in [9.17, 15) is 0 Å². The highest BCUT2D eigenvalue weighted by atomic mass is 32.1. The van der Waals surface area contributed by atoms with Gasteiger partial charge in [0.2, 0.25) is 0 Å². The molecule has 11 heavy (non-hydrogen) atoms. The Kier molecular flexibility index (Phi) is 7.25. The maximum atomic E-state index is 4.35. The van der Waals surface area contributed by atoms with Gasteiger partial charge in [-0.25, -0.2) is 0 Å². The molecular weight excluding hydrogens is 152 g/mol. The molecule has 0 amide bonds. The van der Waals surface area contributed by atoms with Crippen LogP contribution in [0.2, 0.25) is 0 Å². The molecule has 0 nitrogen and oxygen atoms in total. The monoisotopic (exact) mass is 174 g/mol. The van der Waals surface area contributed by atoms with Gasteiger partial charge < -0.3 is 0 Å². The van der Waals surface area contributed by atoms with E-state index in [0.29, 0.717) is 0 Å². The van der Waals surface area contributed by atoms with E-state index in [1.165, 1.54) is 25.7 Å². The second-order valence-electron chi connectivity index (χ2n) is 3.81. The van der Waals surface area contributed by atoms with Gasteiger partial charge in [-0.1, -0.05) is 33.6 Å². The van der Waals surface area contributed by atoms with Crippen LogP contribution in [0.15, 0.2) is 0 Å². The lowest BCUT2D eigenvalue weighted by molar-refractivity contribution is 0.431. The summed E-state index contributed by atoms with van der Waals surface area (Å²) >= 11 is 4.35. The fourth-order valence-electron chi connectivity index (χ4n) is 1.30. The first-order valence-corrected chi connectivity index (χ1v) is 5.44. The first kappa shape index (κ1) is 11.4. The van der Waals surface area contributed by atoms with Crippen LogP contribution in [-0.4, -0.2) is 5.75 Å². The maximum Gasteiger partial charge on any atom is -0.00695 e. The van der Waals surface area contributed by atoms with Gasteiger partial charge in [-0.3, -0.25) is 0 Å². The smallest absolute Gasteiger partial charge is 0.00695 e. The second-order valence-corrected chi connectivity index (χ2v) is 4.17. The van der Waals surface area contributed by atoms with E-state index in [1.54, 1.807) is 0 Å². The van der Waals surface area contributed by atoms with Crippen molar-refractivity contribution in [3.8, 4) is 0 Å². The van der Waals surface area contributed by atoms with Crippen LogP contribution in [0.1, 0.15) is 46.5 Å². The van der Waals surface area contributed by atoms with Crippen LogP contribution in [0.3, 0.4) is 0 Å². The number of hydrogen-bond acceptors (Lipinski definition) is 1. The molecule has 1 atom stereocenters. The first-order chi connectivity index (χ1) is 5.20. The predicted molar refractivity (Wildman–Crippen MR) is 56.3 cm³/mol. The fraction of sp³-hybridized carbons (Fsp3) is 1.00. The first-order valence-electron chi connectivity index (χ1n) is 4.81. The van der Waals surface area contributed by atoms with Gasteiger partial charge >= 0.3 is 0 Å². The molecule has 0 aromatic carbocycles. The van der Waals surface area contributed by atoms with Gasteiger partial charge in [-0.05, 0) is 30.4 Å². The summed E-state index contributed by atoms with van der Waals surface area (Å²) in [5.41, 5.74) is 0. The van der Waals surface area contributed by atoms with Crippen molar-refractivity contribution < 1.29 is 0 Å². The molecule has 1 unspecified atom stereocenters. The van der Waals surface area contributed by atoms with Crippen LogP contribution in [0.5, 0.6) is 0 Å². The van der Waals surface area contributed by atoms with Crippen molar-refractivity contribution in [3.63, 3.8) is 0 Å². The summed E-state index contributed by atoms with van der Waals surface area (Å²) in [5.74, 6) is 2.79. The molecule has 0 N–H and O–H groups in total. The minimum Gasteiger partial charge on any atom is -0.179 e. The largest absolute Gasteiger partial charge is 0.179 e. The van der Waals surface area contributed by atoms with Gasteiger partial charge in [-0.15, -0.1) is 0 Å². The lowest BCUT2D eigenvalue weighted by Gasteiger charge is -2.13. The Morgan fingerprint density at radius 3 is 2.09 bits per heavy atom. The summed E-state index contributed by atoms with van der Waals surface area (Å²) in [5, 5.41) is 0. The number of thiol groups is 1. The van der Waals surface area contributed by atoms with Crippen molar-refractivity contribution in [2.45, 2.75) is 46.5 Å². The van der Waals surface area contributed by atoms with Crippen molar-refractivity contribution in [1.29, 1.82) is 0 Å². The van der Waals surface area contributed by atoms with Crippen molar-refractivity contribution in [2.24, 2.45) is 11.8 Å². The molecule has 0 heterocycles. The molecule has 0 aliphatic heterocycles. The van der Waals surface area contributed by atoms with Gasteiger partial charge in [0.05, 0.1) is 0 Å². The third-order valence-electron chi connectivity index (χ3n) is 2.11. The molecular formula is C10H22S. The molecule has 0 saturated carbocycles. The van der Waals surface area contributed by atoms with Crippen LogP contribution in [0.25, 0.3) is 0 Å². The molecule has 0 bridgehead atoms. The second kappa shape index (κ2) is 7.02. The number of rotatable bonds is 6. The standard InChI is InChI=1S/C10H22S/c1-4-5-10(8-11)7-6-9(2)3/h9-11H,4-8H2,1-3H3. The third kappa shape index (κ3) is 6.74.